The van der Waals surface area contributed by atoms with Gasteiger partial charge in [-0.15, -0.1) is 0 Å². The maximum atomic E-state index is 11.8. The number of hydrogen-bond acceptors (Lipinski definition) is 6. The molecule has 1 aliphatic heterocycles. The summed E-state index contributed by atoms with van der Waals surface area (Å²) in [6, 6.07) is 4.22. The number of aliphatic hydroxyl groups is 1. The van der Waals surface area contributed by atoms with Crippen LogP contribution in [0.2, 0.25) is 0 Å². The number of nitrogens with zero attached hydrogens (tertiary/aromatic N) is 2. The number of anilines is 2. The van der Waals surface area contributed by atoms with E-state index >= 15 is 0 Å². The van der Waals surface area contributed by atoms with Crippen LogP contribution in [0.3, 0.4) is 0 Å². The molecule has 1 heterocycles. The van der Waals surface area contributed by atoms with E-state index in [0.717, 1.165) is 25.9 Å². The van der Waals surface area contributed by atoms with Crippen molar-refractivity contribution in [3.8, 4) is 0 Å². The van der Waals surface area contributed by atoms with Gasteiger partial charge in [0, 0.05) is 19.2 Å². The van der Waals surface area contributed by atoms with Crippen LogP contribution in [0.25, 0.3) is 0 Å². The first-order valence-corrected chi connectivity index (χ1v) is 9.64. The zero-order valence-electron chi connectivity index (χ0n) is 13.3. The van der Waals surface area contributed by atoms with Crippen LogP contribution in [0.4, 0.5) is 17.1 Å². The van der Waals surface area contributed by atoms with Gasteiger partial charge >= 0.3 is 0 Å². The Morgan fingerprint density at radius 1 is 1.25 bits per heavy atom. The van der Waals surface area contributed by atoms with Crippen LogP contribution in [0, 0.1) is 15.5 Å². The lowest BCUT2D eigenvalue weighted by Crippen LogP contribution is -2.34. The summed E-state index contributed by atoms with van der Waals surface area (Å²) in [7, 11) is -3.66. The van der Waals surface area contributed by atoms with E-state index in [1.807, 2.05) is 4.90 Å². The molecule has 0 atom stereocenters. The Labute approximate surface area is 140 Å². The zero-order valence-corrected chi connectivity index (χ0v) is 14.1. The maximum Gasteiger partial charge on any atom is 0.292 e. The summed E-state index contributed by atoms with van der Waals surface area (Å²) < 4.78 is 25.9. The molecule has 2 fully saturated rings. The Morgan fingerprint density at radius 3 is 2.46 bits per heavy atom. The first-order valence-electron chi connectivity index (χ1n) is 7.99. The van der Waals surface area contributed by atoms with Crippen molar-refractivity contribution in [1.82, 2.24) is 0 Å². The van der Waals surface area contributed by atoms with Gasteiger partial charge in [0.2, 0.25) is 10.0 Å². The summed E-state index contributed by atoms with van der Waals surface area (Å²) in [5.74, 6) is -0.411. The fourth-order valence-electron chi connectivity index (χ4n) is 3.24. The van der Waals surface area contributed by atoms with Crippen LogP contribution in [-0.2, 0) is 10.0 Å². The molecule has 132 valence electrons. The summed E-state index contributed by atoms with van der Waals surface area (Å²) in [5, 5.41) is 20.1. The highest BCUT2D eigenvalue weighted by molar-refractivity contribution is 7.92. The fraction of sp³-hybridized carbons (Fsp3) is 0.600. The lowest BCUT2D eigenvalue weighted by atomic mass is 9.93. The molecule has 0 radical (unpaired) electrons. The predicted molar refractivity (Wildman–Crippen MR) is 90.7 cm³/mol. The predicted octanol–water partition coefficient (Wildman–Crippen LogP) is 1.71. The quantitative estimate of drug-likeness (QED) is 0.593. The molecule has 3 rings (SSSR count). The Balaban J connectivity index is 1.85. The average Bonchev–Trinajstić information content (AvgIpc) is 3.26. The van der Waals surface area contributed by atoms with Crippen LogP contribution in [0.1, 0.15) is 25.7 Å². The van der Waals surface area contributed by atoms with Crippen molar-refractivity contribution in [3.63, 3.8) is 0 Å². The van der Waals surface area contributed by atoms with E-state index in [1.165, 1.54) is 31.0 Å². The molecule has 1 aromatic rings. The SMILES string of the molecule is O=[N+]([O-])c1ccc(NS(=O)(=O)CCO)cc1N1CCC2(CC1)CC2. The van der Waals surface area contributed by atoms with Crippen molar-refractivity contribution in [2.75, 3.05) is 35.1 Å². The minimum Gasteiger partial charge on any atom is -0.395 e. The molecule has 1 spiro atoms. The lowest BCUT2D eigenvalue weighted by Gasteiger charge is -2.33. The Morgan fingerprint density at radius 2 is 1.92 bits per heavy atom. The largest absolute Gasteiger partial charge is 0.395 e. The van der Waals surface area contributed by atoms with Crippen LogP contribution in [0.15, 0.2) is 18.2 Å². The highest BCUT2D eigenvalue weighted by atomic mass is 32.2. The molecular weight excluding hydrogens is 334 g/mol. The van der Waals surface area contributed by atoms with Gasteiger partial charge in [0.05, 0.1) is 23.0 Å². The van der Waals surface area contributed by atoms with E-state index in [9.17, 15) is 18.5 Å². The molecule has 0 amide bonds. The summed E-state index contributed by atoms with van der Waals surface area (Å²) in [5.41, 5.74) is 1.15. The second-order valence-corrected chi connectivity index (χ2v) is 8.43. The molecule has 8 nitrogen and oxygen atoms in total. The van der Waals surface area contributed by atoms with Crippen molar-refractivity contribution >= 4 is 27.1 Å². The highest BCUT2D eigenvalue weighted by Crippen LogP contribution is 2.54. The molecule has 2 aliphatic rings. The molecule has 24 heavy (non-hydrogen) atoms. The van der Waals surface area contributed by atoms with Gasteiger partial charge in [0.25, 0.3) is 5.69 Å². The van der Waals surface area contributed by atoms with Crippen LogP contribution >= 0.6 is 0 Å². The number of piperidine rings is 1. The number of aliphatic hydroxyl groups excluding tert-OH is 1. The van der Waals surface area contributed by atoms with Crippen LogP contribution in [-0.4, -0.2) is 43.9 Å². The molecule has 2 N–H and O–H groups in total. The number of rotatable bonds is 6. The van der Waals surface area contributed by atoms with Gasteiger partial charge in [-0.1, -0.05) is 0 Å². The molecular formula is C15H21N3O5S. The Bertz CT molecular complexity index is 735. The van der Waals surface area contributed by atoms with E-state index in [-0.39, 0.29) is 11.4 Å². The van der Waals surface area contributed by atoms with E-state index in [1.54, 1.807) is 0 Å². The summed E-state index contributed by atoms with van der Waals surface area (Å²) >= 11 is 0. The van der Waals surface area contributed by atoms with Crippen molar-refractivity contribution in [3.05, 3.63) is 28.3 Å². The smallest absolute Gasteiger partial charge is 0.292 e. The molecule has 1 saturated carbocycles. The molecule has 0 bridgehead atoms. The van der Waals surface area contributed by atoms with E-state index in [4.69, 9.17) is 5.11 Å². The van der Waals surface area contributed by atoms with Gasteiger partial charge in [-0.3, -0.25) is 14.8 Å². The van der Waals surface area contributed by atoms with Crippen LogP contribution < -0.4 is 9.62 Å². The normalized spacial score (nSPS) is 19.3. The fourth-order valence-corrected chi connectivity index (χ4v) is 4.07. The average molecular weight is 355 g/mol. The number of benzene rings is 1. The van der Waals surface area contributed by atoms with Crippen molar-refractivity contribution < 1.29 is 18.4 Å². The van der Waals surface area contributed by atoms with Gasteiger partial charge in [-0.25, -0.2) is 8.42 Å². The number of nitro groups is 1. The lowest BCUT2D eigenvalue weighted by molar-refractivity contribution is -0.384. The zero-order chi connectivity index (χ0) is 17.4. The molecule has 0 unspecified atom stereocenters. The standard InChI is InChI=1S/C15H21N3O5S/c19-9-10-24(22,23)16-12-1-2-13(18(20)21)14(11-12)17-7-5-15(3-4-15)6-8-17/h1-2,11,16,19H,3-10H2. The second-order valence-electron chi connectivity index (χ2n) is 6.59. The van der Waals surface area contributed by atoms with Crippen molar-refractivity contribution in [1.29, 1.82) is 0 Å². The number of nitrogens with one attached hydrogen (secondary N) is 1. The topological polar surface area (TPSA) is 113 Å². The van der Waals surface area contributed by atoms with E-state index < -0.39 is 27.3 Å². The third-order valence-corrected chi connectivity index (χ3v) is 6.19. The van der Waals surface area contributed by atoms with Gasteiger partial charge in [-0.2, -0.15) is 0 Å². The first-order chi connectivity index (χ1) is 11.3. The monoisotopic (exact) mass is 355 g/mol. The number of nitro benzene ring substituents is 1. The van der Waals surface area contributed by atoms with Gasteiger partial charge in [-0.05, 0) is 43.2 Å². The van der Waals surface area contributed by atoms with Gasteiger partial charge in [0.1, 0.15) is 5.69 Å². The maximum absolute atomic E-state index is 11.8. The first kappa shape index (κ1) is 17.0. The third-order valence-electron chi connectivity index (χ3n) is 4.93. The molecule has 1 aliphatic carbocycles. The van der Waals surface area contributed by atoms with Crippen molar-refractivity contribution in [2.24, 2.45) is 5.41 Å². The third kappa shape index (κ3) is 3.62. The molecule has 0 aromatic heterocycles. The summed E-state index contributed by atoms with van der Waals surface area (Å²) in [6.45, 7) is 1.00. The van der Waals surface area contributed by atoms with Crippen LogP contribution in [0.5, 0.6) is 0 Å². The van der Waals surface area contributed by atoms with Gasteiger partial charge in [0.15, 0.2) is 0 Å². The minimum atomic E-state index is -3.66. The second kappa shape index (κ2) is 6.21. The molecule has 1 aromatic carbocycles. The summed E-state index contributed by atoms with van der Waals surface area (Å²) in [4.78, 5) is 12.8. The Kier molecular flexibility index (Phi) is 4.39. The van der Waals surface area contributed by atoms with Crippen molar-refractivity contribution in [2.45, 2.75) is 25.7 Å². The summed E-state index contributed by atoms with van der Waals surface area (Å²) in [6.07, 6.45) is 4.52. The number of sulfonamides is 1. The molecule has 9 heteroatoms. The van der Waals surface area contributed by atoms with E-state index in [0.29, 0.717) is 11.1 Å². The minimum absolute atomic E-state index is 0.0214. The van der Waals surface area contributed by atoms with E-state index in [2.05, 4.69) is 4.72 Å². The molecule has 1 saturated heterocycles. The van der Waals surface area contributed by atoms with Gasteiger partial charge < -0.3 is 10.0 Å². The highest BCUT2D eigenvalue weighted by Gasteiger charge is 2.45. The Hall–Kier alpha value is -1.87. The number of hydrogen-bond donors (Lipinski definition) is 2.